The standard InChI is InChI=1S/C10H17NO3/c1-2-14-8(12)9(4-3-5-9)10(13)6-11-7-10/h11,13H,2-7H2,1H3. The SMILES string of the molecule is CCOC(=O)C1(C2(O)CNC2)CCC1. The minimum Gasteiger partial charge on any atom is -0.465 e. The van der Waals surface area contributed by atoms with E-state index in [9.17, 15) is 9.90 Å². The Balaban J connectivity index is 2.13. The van der Waals surface area contributed by atoms with Gasteiger partial charge in [-0.05, 0) is 19.8 Å². The van der Waals surface area contributed by atoms with Gasteiger partial charge in [0, 0.05) is 13.1 Å². The molecule has 0 aromatic carbocycles. The molecule has 1 aliphatic heterocycles. The summed E-state index contributed by atoms with van der Waals surface area (Å²) in [5.74, 6) is -0.213. The van der Waals surface area contributed by atoms with Crippen molar-refractivity contribution in [2.24, 2.45) is 5.41 Å². The first-order valence-electron chi connectivity index (χ1n) is 5.25. The zero-order chi connectivity index (χ0) is 10.2. The summed E-state index contributed by atoms with van der Waals surface area (Å²) in [6, 6.07) is 0. The lowest BCUT2D eigenvalue weighted by atomic mass is 9.56. The molecule has 4 heteroatoms. The molecule has 1 saturated carbocycles. The van der Waals surface area contributed by atoms with E-state index in [1.54, 1.807) is 6.92 Å². The predicted molar refractivity (Wildman–Crippen MR) is 50.7 cm³/mol. The number of β-amino-alcohol motifs (C(OH)–C–C–N with tert-alkyl or cyclic N) is 1. The van der Waals surface area contributed by atoms with Crippen molar-refractivity contribution in [3.8, 4) is 0 Å². The molecule has 1 heterocycles. The highest BCUT2D eigenvalue weighted by Crippen LogP contribution is 2.51. The molecule has 2 N–H and O–H groups in total. The lowest BCUT2D eigenvalue weighted by molar-refractivity contribution is -0.199. The van der Waals surface area contributed by atoms with Gasteiger partial charge in [0.15, 0.2) is 0 Å². The summed E-state index contributed by atoms with van der Waals surface area (Å²) < 4.78 is 5.04. The molecule has 80 valence electrons. The number of nitrogens with one attached hydrogen (secondary N) is 1. The Labute approximate surface area is 83.6 Å². The van der Waals surface area contributed by atoms with E-state index in [0.717, 1.165) is 19.3 Å². The maximum Gasteiger partial charge on any atom is 0.315 e. The van der Waals surface area contributed by atoms with Crippen LogP contribution in [0.5, 0.6) is 0 Å². The molecule has 0 spiro atoms. The van der Waals surface area contributed by atoms with Crippen molar-refractivity contribution in [3.63, 3.8) is 0 Å². The molecule has 14 heavy (non-hydrogen) atoms. The number of carbonyl (C=O) groups excluding carboxylic acids is 1. The molecular formula is C10H17NO3. The van der Waals surface area contributed by atoms with Gasteiger partial charge in [-0.2, -0.15) is 0 Å². The summed E-state index contributed by atoms with van der Waals surface area (Å²) in [4.78, 5) is 11.8. The Morgan fingerprint density at radius 3 is 2.43 bits per heavy atom. The summed E-state index contributed by atoms with van der Waals surface area (Å²) >= 11 is 0. The number of hydrogen-bond donors (Lipinski definition) is 2. The van der Waals surface area contributed by atoms with E-state index < -0.39 is 11.0 Å². The van der Waals surface area contributed by atoms with Gasteiger partial charge in [-0.15, -0.1) is 0 Å². The third kappa shape index (κ3) is 1.10. The first-order valence-corrected chi connectivity index (χ1v) is 5.25. The molecule has 1 aliphatic carbocycles. The molecule has 4 nitrogen and oxygen atoms in total. The Bertz CT molecular complexity index is 244. The van der Waals surface area contributed by atoms with Gasteiger partial charge in [0.25, 0.3) is 0 Å². The average Bonchev–Trinajstić information content (AvgIpc) is 1.99. The van der Waals surface area contributed by atoms with Gasteiger partial charge in [0.2, 0.25) is 0 Å². The second-order valence-corrected chi connectivity index (χ2v) is 4.29. The largest absolute Gasteiger partial charge is 0.465 e. The van der Waals surface area contributed by atoms with Crippen LogP contribution in [-0.4, -0.2) is 36.4 Å². The van der Waals surface area contributed by atoms with Crippen molar-refractivity contribution in [3.05, 3.63) is 0 Å². The summed E-state index contributed by atoms with van der Waals surface area (Å²) in [5.41, 5.74) is -1.45. The minimum atomic E-state index is -0.850. The van der Waals surface area contributed by atoms with Crippen LogP contribution in [0.4, 0.5) is 0 Å². The second-order valence-electron chi connectivity index (χ2n) is 4.29. The van der Waals surface area contributed by atoms with Crippen molar-refractivity contribution in [1.82, 2.24) is 5.32 Å². The fourth-order valence-electron chi connectivity index (χ4n) is 2.36. The van der Waals surface area contributed by atoms with E-state index in [2.05, 4.69) is 5.32 Å². The van der Waals surface area contributed by atoms with Gasteiger partial charge in [-0.25, -0.2) is 0 Å². The molecule has 0 amide bonds. The normalized spacial score (nSPS) is 27.3. The van der Waals surface area contributed by atoms with Crippen LogP contribution in [0.3, 0.4) is 0 Å². The number of rotatable bonds is 3. The Morgan fingerprint density at radius 2 is 2.14 bits per heavy atom. The van der Waals surface area contributed by atoms with Crippen LogP contribution < -0.4 is 5.32 Å². The maximum absolute atomic E-state index is 11.8. The second kappa shape index (κ2) is 3.21. The predicted octanol–water partition coefficient (Wildman–Crippen LogP) is 0.0541. The zero-order valence-corrected chi connectivity index (χ0v) is 8.51. The number of hydrogen-bond acceptors (Lipinski definition) is 4. The van der Waals surface area contributed by atoms with Crippen LogP contribution in [0.15, 0.2) is 0 Å². The topological polar surface area (TPSA) is 58.6 Å². The highest BCUT2D eigenvalue weighted by atomic mass is 16.5. The number of carbonyl (C=O) groups is 1. The molecular weight excluding hydrogens is 182 g/mol. The highest BCUT2D eigenvalue weighted by Gasteiger charge is 2.62. The van der Waals surface area contributed by atoms with Crippen molar-refractivity contribution in [1.29, 1.82) is 0 Å². The van der Waals surface area contributed by atoms with Gasteiger partial charge < -0.3 is 15.2 Å². The molecule has 0 bridgehead atoms. The van der Waals surface area contributed by atoms with Crippen molar-refractivity contribution >= 4 is 5.97 Å². The lowest BCUT2D eigenvalue weighted by Crippen LogP contribution is -2.72. The van der Waals surface area contributed by atoms with Gasteiger partial charge in [0.1, 0.15) is 5.60 Å². The lowest BCUT2D eigenvalue weighted by Gasteiger charge is -2.55. The van der Waals surface area contributed by atoms with E-state index in [1.165, 1.54) is 0 Å². The van der Waals surface area contributed by atoms with Crippen LogP contribution in [-0.2, 0) is 9.53 Å². The van der Waals surface area contributed by atoms with Crippen molar-refractivity contribution < 1.29 is 14.6 Å². The molecule has 0 aromatic rings. The highest BCUT2D eigenvalue weighted by molar-refractivity contribution is 5.80. The smallest absolute Gasteiger partial charge is 0.315 e. The molecule has 2 fully saturated rings. The van der Waals surface area contributed by atoms with Crippen LogP contribution in [0.25, 0.3) is 0 Å². The summed E-state index contributed by atoms with van der Waals surface area (Å²) in [7, 11) is 0. The van der Waals surface area contributed by atoms with Gasteiger partial charge in [0.05, 0.1) is 12.0 Å². The maximum atomic E-state index is 11.8. The van der Waals surface area contributed by atoms with E-state index in [1.807, 2.05) is 0 Å². The van der Waals surface area contributed by atoms with E-state index in [0.29, 0.717) is 19.7 Å². The number of ether oxygens (including phenoxy) is 1. The molecule has 0 unspecified atom stereocenters. The zero-order valence-electron chi connectivity index (χ0n) is 8.51. The molecule has 2 aliphatic rings. The van der Waals surface area contributed by atoms with Gasteiger partial charge in [-0.1, -0.05) is 6.42 Å². The van der Waals surface area contributed by atoms with E-state index >= 15 is 0 Å². The summed E-state index contributed by atoms with van der Waals surface area (Å²) in [6.45, 7) is 3.23. The number of aliphatic hydroxyl groups is 1. The van der Waals surface area contributed by atoms with Crippen molar-refractivity contribution in [2.45, 2.75) is 31.8 Å². The monoisotopic (exact) mass is 199 g/mol. The van der Waals surface area contributed by atoms with Gasteiger partial charge in [-0.3, -0.25) is 4.79 Å². The average molecular weight is 199 g/mol. The van der Waals surface area contributed by atoms with Crippen molar-refractivity contribution in [2.75, 3.05) is 19.7 Å². The summed E-state index contributed by atoms with van der Waals surface area (Å²) in [5, 5.41) is 13.2. The Hall–Kier alpha value is -0.610. The molecule has 0 atom stereocenters. The first kappa shape index (κ1) is 9.93. The summed E-state index contributed by atoms with van der Waals surface area (Å²) in [6.07, 6.45) is 2.55. The molecule has 1 saturated heterocycles. The number of esters is 1. The fourth-order valence-corrected chi connectivity index (χ4v) is 2.36. The molecule has 2 rings (SSSR count). The quantitative estimate of drug-likeness (QED) is 0.631. The fraction of sp³-hybridized carbons (Fsp3) is 0.900. The van der Waals surface area contributed by atoms with Crippen LogP contribution >= 0.6 is 0 Å². The molecule has 0 aromatic heterocycles. The van der Waals surface area contributed by atoms with Crippen LogP contribution in [0, 0.1) is 5.41 Å². The van der Waals surface area contributed by atoms with E-state index in [-0.39, 0.29) is 5.97 Å². The van der Waals surface area contributed by atoms with Gasteiger partial charge >= 0.3 is 5.97 Å². The first-order chi connectivity index (χ1) is 6.65. The Morgan fingerprint density at radius 1 is 1.50 bits per heavy atom. The molecule has 0 radical (unpaired) electrons. The minimum absolute atomic E-state index is 0.213. The van der Waals surface area contributed by atoms with Crippen LogP contribution in [0.1, 0.15) is 26.2 Å². The third-order valence-electron chi connectivity index (χ3n) is 3.60. The third-order valence-corrected chi connectivity index (χ3v) is 3.60. The Kier molecular flexibility index (Phi) is 2.27. The van der Waals surface area contributed by atoms with Crippen LogP contribution in [0.2, 0.25) is 0 Å². The van der Waals surface area contributed by atoms with E-state index in [4.69, 9.17) is 4.74 Å².